The van der Waals surface area contributed by atoms with Gasteiger partial charge in [-0.2, -0.15) is 5.10 Å². The maximum atomic E-state index is 4.53. The molecule has 0 fully saturated rings. The molecule has 0 bridgehead atoms. The van der Waals surface area contributed by atoms with E-state index in [1.54, 1.807) is 0 Å². The van der Waals surface area contributed by atoms with E-state index < -0.39 is 0 Å². The first kappa shape index (κ1) is 13.4. The number of nitrogens with zero attached hydrogens (tertiary/aromatic N) is 2. The molecule has 0 spiro atoms. The van der Waals surface area contributed by atoms with E-state index in [1.165, 1.54) is 16.5 Å². The van der Waals surface area contributed by atoms with Crippen molar-refractivity contribution < 1.29 is 0 Å². The van der Waals surface area contributed by atoms with Crippen LogP contribution < -0.4 is 5.01 Å². The molecule has 106 valence electrons. The topological polar surface area (TPSA) is 31.4 Å². The summed E-state index contributed by atoms with van der Waals surface area (Å²) < 4.78 is 0. The van der Waals surface area contributed by atoms with Crippen LogP contribution >= 0.6 is 0 Å². The Hall–Kier alpha value is -2.55. The predicted octanol–water partition coefficient (Wildman–Crippen LogP) is 4.20. The highest BCUT2D eigenvalue weighted by molar-refractivity contribution is 6.00. The molecule has 3 aromatic rings. The number of anilines is 1. The second-order valence-corrected chi connectivity index (χ2v) is 5.04. The molecule has 0 amide bonds. The Bertz CT molecular complexity index is 756. The van der Waals surface area contributed by atoms with E-state index in [0.29, 0.717) is 0 Å². The van der Waals surface area contributed by atoms with E-state index in [2.05, 4.69) is 35.2 Å². The molecule has 1 aromatic heterocycles. The molecule has 3 rings (SSSR count). The Morgan fingerprint density at radius 2 is 1.90 bits per heavy atom. The fraction of sp³-hybridized carbons (Fsp3) is 0.167. The number of H-pyrrole nitrogens is 1. The zero-order valence-corrected chi connectivity index (χ0v) is 12.4. The molecule has 0 saturated heterocycles. The van der Waals surface area contributed by atoms with Crippen molar-refractivity contribution >= 4 is 22.8 Å². The average Bonchev–Trinajstić information content (AvgIpc) is 2.96. The molecule has 0 saturated carbocycles. The first-order chi connectivity index (χ1) is 10.3. The third-order valence-electron chi connectivity index (χ3n) is 3.71. The first-order valence-electron chi connectivity index (χ1n) is 7.21. The van der Waals surface area contributed by atoms with Crippen molar-refractivity contribution in [1.29, 1.82) is 0 Å². The van der Waals surface area contributed by atoms with Gasteiger partial charge in [0, 0.05) is 29.7 Å². The van der Waals surface area contributed by atoms with Crippen molar-refractivity contribution in [3.63, 3.8) is 0 Å². The molecular weight excluding hydrogens is 258 g/mol. The molecule has 0 atom stereocenters. The van der Waals surface area contributed by atoms with Crippen molar-refractivity contribution in [3.8, 4) is 0 Å². The van der Waals surface area contributed by atoms with Gasteiger partial charge in [0.1, 0.15) is 0 Å². The summed E-state index contributed by atoms with van der Waals surface area (Å²) in [6.45, 7) is 2.17. The normalized spacial score (nSPS) is 11.3. The lowest BCUT2D eigenvalue weighted by Crippen LogP contribution is -2.08. The van der Waals surface area contributed by atoms with Gasteiger partial charge in [-0.15, -0.1) is 0 Å². The summed E-state index contributed by atoms with van der Waals surface area (Å²) in [4.78, 5) is 3.36. The Kier molecular flexibility index (Phi) is 3.73. The third-order valence-corrected chi connectivity index (χ3v) is 3.71. The number of aryl methyl sites for hydroxylation is 1. The Morgan fingerprint density at radius 3 is 2.67 bits per heavy atom. The van der Waals surface area contributed by atoms with Crippen LogP contribution in [0.4, 0.5) is 5.69 Å². The van der Waals surface area contributed by atoms with Crippen LogP contribution in [0.3, 0.4) is 0 Å². The molecule has 0 unspecified atom stereocenters. The van der Waals surface area contributed by atoms with Crippen LogP contribution in [-0.2, 0) is 6.42 Å². The standard InChI is InChI=1S/C18H19N3/c1-3-14-8-7-11-17-15(12-19-18(14)17)13-20-21(2)16-9-5-4-6-10-16/h4-13,19H,3H2,1-2H3/b20-13+. The van der Waals surface area contributed by atoms with Gasteiger partial charge in [0.2, 0.25) is 0 Å². The van der Waals surface area contributed by atoms with Crippen LogP contribution in [0, 0.1) is 0 Å². The fourth-order valence-electron chi connectivity index (χ4n) is 2.50. The van der Waals surface area contributed by atoms with Crippen molar-refractivity contribution in [2.45, 2.75) is 13.3 Å². The molecule has 3 nitrogen and oxygen atoms in total. The van der Waals surface area contributed by atoms with Crippen LogP contribution in [0.1, 0.15) is 18.1 Å². The van der Waals surface area contributed by atoms with E-state index in [0.717, 1.165) is 17.7 Å². The molecule has 0 aliphatic rings. The summed E-state index contributed by atoms with van der Waals surface area (Å²) in [5.41, 5.74) is 4.73. The van der Waals surface area contributed by atoms with Crippen LogP contribution in [0.25, 0.3) is 10.9 Å². The quantitative estimate of drug-likeness (QED) is 0.562. The van der Waals surface area contributed by atoms with Crippen LogP contribution in [-0.4, -0.2) is 18.2 Å². The summed E-state index contributed by atoms with van der Waals surface area (Å²) in [7, 11) is 1.96. The highest BCUT2D eigenvalue weighted by Gasteiger charge is 2.05. The summed E-state index contributed by atoms with van der Waals surface area (Å²) in [6, 6.07) is 16.5. The molecule has 0 radical (unpaired) electrons. The maximum absolute atomic E-state index is 4.53. The molecule has 3 heteroatoms. The molecule has 1 N–H and O–H groups in total. The monoisotopic (exact) mass is 277 g/mol. The number of benzene rings is 2. The van der Waals surface area contributed by atoms with Crippen molar-refractivity contribution in [2.75, 3.05) is 12.1 Å². The van der Waals surface area contributed by atoms with Gasteiger partial charge in [-0.1, -0.05) is 43.3 Å². The molecule has 0 aliphatic heterocycles. The number of hydrogen-bond donors (Lipinski definition) is 1. The lowest BCUT2D eigenvalue weighted by molar-refractivity contribution is 1.02. The highest BCUT2D eigenvalue weighted by Crippen LogP contribution is 2.21. The van der Waals surface area contributed by atoms with Gasteiger partial charge < -0.3 is 4.98 Å². The number of para-hydroxylation sites is 2. The summed E-state index contributed by atoms with van der Waals surface area (Å²) in [5, 5.41) is 7.63. The lowest BCUT2D eigenvalue weighted by Gasteiger charge is -2.11. The SMILES string of the molecule is CCc1cccc2c(/C=N/N(C)c3ccccc3)c[nH]c12. The van der Waals surface area contributed by atoms with Gasteiger partial charge in [-0.3, -0.25) is 5.01 Å². The van der Waals surface area contributed by atoms with E-state index in [9.17, 15) is 0 Å². The minimum absolute atomic E-state index is 1.03. The van der Waals surface area contributed by atoms with E-state index in [4.69, 9.17) is 0 Å². The van der Waals surface area contributed by atoms with Gasteiger partial charge in [0.15, 0.2) is 0 Å². The van der Waals surface area contributed by atoms with Crippen molar-refractivity contribution in [1.82, 2.24) is 4.98 Å². The first-order valence-corrected chi connectivity index (χ1v) is 7.21. The largest absolute Gasteiger partial charge is 0.360 e. The Balaban J connectivity index is 1.90. The zero-order chi connectivity index (χ0) is 14.7. The lowest BCUT2D eigenvalue weighted by atomic mass is 10.1. The van der Waals surface area contributed by atoms with Gasteiger partial charge in [-0.25, -0.2) is 0 Å². The number of aromatic amines is 1. The maximum Gasteiger partial charge on any atom is 0.0590 e. The summed E-state index contributed by atoms with van der Waals surface area (Å²) in [5.74, 6) is 0. The predicted molar refractivity (Wildman–Crippen MR) is 90.1 cm³/mol. The van der Waals surface area contributed by atoms with Crippen molar-refractivity contribution in [2.24, 2.45) is 5.10 Å². The van der Waals surface area contributed by atoms with Gasteiger partial charge in [0.05, 0.1) is 11.9 Å². The minimum atomic E-state index is 1.03. The third kappa shape index (κ3) is 2.68. The van der Waals surface area contributed by atoms with E-state index in [-0.39, 0.29) is 0 Å². The number of aromatic nitrogens is 1. The van der Waals surface area contributed by atoms with Crippen molar-refractivity contribution in [3.05, 3.63) is 65.9 Å². The number of fused-ring (bicyclic) bond motifs is 1. The number of hydrazone groups is 1. The average molecular weight is 277 g/mol. The van der Waals surface area contributed by atoms with Crippen LogP contribution in [0.15, 0.2) is 59.8 Å². The van der Waals surface area contributed by atoms with Crippen LogP contribution in [0.5, 0.6) is 0 Å². The molecule has 1 heterocycles. The fourth-order valence-corrected chi connectivity index (χ4v) is 2.50. The van der Waals surface area contributed by atoms with Crippen LogP contribution in [0.2, 0.25) is 0 Å². The molecule has 2 aromatic carbocycles. The second kappa shape index (κ2) is 5.83. The number of rotatable bonds is 4. The smallest absolute Gasteiger partial charge is 0.0590 e. The van der Waals surface area contributed by atoms with E-state index in [1.807, 2.05) is 54.8 Å². The summed E-state index contributed by atoms with van der Waals surface area (Å²) in [6.07, 6.45) is 4.95. The Labute approximate surface area is 124 Å². The molecule has 0 aliphatic carbocycles. The zero-order valence-electron chi connectivity index (χ0n) is 12.4. The minimum Gasteiger partial charge on any atom is -0.360 e. The second-order valence-electron chi connectivity index (χ2n) is 5.04. The Morgan fingerprint density at radius 1 is 1.10 bits per heavy atom. The van der Waals surface area contributed by atoms with E-state index >= 15 is 0 Å². The van der Waals surface area contributed by atoms with Gasteiger partial charge >= 0.3 is 0 Å². The molecule has 21 heavy (non-hydrogen) atoms. The van der Waals surface area contributed by atoms with Gasteiger partial charge in [0.25, 0.3) is 0 Å². The number of nitrogens with one attached hydrogen (secondary N) is 1. The highest BCUT2D eigenvalue weighted by atomic mass is 15.4. The number of hydrogen-bond acceptors (Lipinski definition) is 2. The van der Waals surface area contributed by atoms with Gasteiger partial charge in [-0.05, 0) is 24.1 Å². The summed E-state index contributed by atoms with van der Waals surface area (Å²) >= 11 is 0. The molecular formula is C18H19N3.